The van der Waals surface area contributed by atoms with E-state index in [4.69, 9.17) is 0 Å². The highest BCUT2D eigenvalue weighted by molar-refractivity contribution is 5.94. The van der Waals surface area contributed by atoms with Gasteiger partial charge in [-0.2, -0.15) is 0 Å². The average molecular weight is 394 g/mol. The number of halogens is 1. The molecular formula is C22H23FN4O2. The molecule has 0 bridgehead atoms. The summed E-state index contributed by atoms with van der Waals surface area (Å²) < 4.78 is 15.8. The zero-order chi connectivity index (χ0) is 20.2. The summed E-state index contributed by atoms with van der Waals surface area (Å²) in [4.78, 5) is 30.8. The van der Waals surface area contributed by atoms with Gasteiger partial charge in [-0.3, -0.25) is 14.6 Å². The third-order valence-electron chi connectivity index (χ3n) is 5.44. The molecule has 1 fully saturated rings. The Morgan fingerprint density at radius 1 is 1.14 bits per heavy atom. The Hall–Kier alpha value is -3.22. The summed E-state index contributed by atoms with van der Waals surface area (Å²) in [6, 6.07) is 9.88. The van der Waals surface area contributed by atoms with Crippen molar-refractivity contribution in [1.29, 1.82) is 0 Å². The van der Waals surface area contributed by atoms with Crippen molar-refractivity contribution in [2.24, 2.45) is 0 Å². The standard InChI is InChI=1S/C22H23FN4O2/c23-19-4-2-1-3-18(19)22(29)25-17-7-12-27(13-8-17)21(28)9-14-26-11-6-16-5-10-24-15-20(16)26/h1-6,10-11,15,17H,7-9,12-14H2,(H,25,29). The fraction of sp³-hybridized carbons (Fsp3) is 0.318. The van der Waals surface area contributed by atoms with Gasteiger partial charge in [0.1, 0.15) is 5.82 Å². The smallest absolute Gasteiger partial charge is 0.254 e. The molecule has 1 aromatic carbocycles. The van der Waals surface area contributed by atoms with Crippen molar-refractivity contribution in [1.82, 2.24) is 19.8 Å². The van der Waals surface area contributed by atoms with Gasteiger partial charge in [0.25, 0.3) is 5.91 Å². The van der Waals surface area contributed by atoms with Crippen LogP contribution in [-0.4, -0.2) is 45.4 Å². The number of benzene rings is 1. The molecule has 1 aliphatic rings. The van der Waals surface area contributed by atoms with Gasteiger partial charge >= 0.3 is 0 Å². The molecule has 1 N–H and O–H groups in total. The largest absolute Gasteiger partial charge is 0.349 e. The van der Waals surface area contributed by atoms with Gasteiger partial charge in [0.15, 0.2) is 0 Å². The Morgan fingerprint density at radius 2 is 1.93 bits per heavy atom. The van der Waals surface area contributed by atoms with E-state index in [9.17, 15) is 14.0 Å². The molecule has 3 aromatic rings. The molecule has 6 nitrogen and oxygen atoms in total. The molecule has 7 heteroatoms. The van der Waals surface area contributed by atoms with Crippen LogP contribution in [0.15, 0.2) is 55.0 Å². The van der Waals surface area contributed by atoms with E-state index in [0.717, 1.165) is 10.9 Å². The molecule has 4 rings (SSSR count). The van der Waals surface area contributed by atoms with E-state index in [0.29, 0.717) is 38.9 Å². The third kappa shape index (κ3) is 4.29. The lowest BCUT2D eigenvalue weighted by molar-refractivity contribution is -0.132. The van der Waals surface area contributed by atoms with Crippen LogP contribution in [0, 0.1) is 5.82 Å². The number of nitrogens with zero attached hydrogens (tertiary/aromatic N) is 3. The molecule has 1 aliphatic heterocycles. The molecule has 2 aromatic heterocycles. The summed E-state index contributed by atoms with van der Waals surface area (Å²) in [7, 11) is 0. The van der Waals surface area contributed by atoms with Crippen LogP contribution in [0.1, 0.15) is 29.6 Å². The Kier molecular flexibility index (Phi) is 5.55. The quantitative estimate of drug-likeness (QED) is 0.723. The summed E-state index contributed by atoms with van der Waals surface area (Å²) in [6.07, 6.45) is 7.30. The molecule has 2 amide bonds. The number of carbonyl (C=O) groups is 2. The van der Waals surface area contributed by atoms with E-state index in [2.05, 4.69) is 10.3 Å². The van der Waals surface area contributed by atoms with Gasteiger partial charge in [0.2, 0.25) is 5.91 Å². The van der Waals surface area contributed by atoms with Gasteiger partial charge in [-0.15, -0.1) is 0 Å². The molecule has 0 atom stereocenters. The van der Waals surface area contributed by atoms with Gasteiger partial charge in [0, 0.05) is 49.9 Å². The van der Waals surface area contributed by atoms with Crippen LogP contribution in [-0.2, 0) is 11.3 Å². The van der Waals surface area contributed by atoms with Crippen molar-refractivity contribution in [3.8, 4) is 0 Å². The van der Waals surface area contributed by atoms with E-state index in [1.165, 1.54) is 12.1 Å². The zero-order valence-electron chi connectivity index (χ0n) is 16.1. The van der Waals surface area contributed by atoms with Crippen molar-refractivity contribution < 1.29 is 14.0 Å². The van der Waals surface area contributed by atoms with Crippen LogP contribution in [0.5, 0.6) is 0 Å². The molecule has 0 saturated carbocycles. The van der Waals surface area contributed by atoms with E-state index in [-0.39, 0.29) is 17.5 Å². The van der Waals surface area contributed by atoms with E-state index in [1.807, 2.05) is 34.0 Å². The van der Waals surface area contributed by atoms with Crippen molar-refractivity contribution in [2.45, 2.75) is 31.8 Å². The normalized spacial score (nSPS) is 14.9. The van der Waals surface area contributed by atoms with Gasteiger partial charge < -0.3 is 14.8 Å². The second-order valence-corrected chi connectivity index (χ2v) is 7.30. The number of carbonyl (C=O) groups excluding carboxylic acids is 2. The number of pyridine rings is 1. The maximum absolute atomic E-state index is 13.7. The number of piperidine rings is 1. The first-order valence-corrected chi connectivity index (χ1v) is 9.84. The van der Waals surface area contributed by atoms with Gasteiger partial charge in [-0.1, -0.05) is 12.1 Å². The fourth-order valence-electron chi connectivity index (χ4n) is 3.78. The summed E-state index contributed by atoms with van der Waals surface area (Å²) in [5.74, 6) is -0.819. The highest BCUT2D eigenvalue weighted by atomic mass is 19.1. The van der Waals surface area contributed by atoms with Crippen molar-refractivity contribution >= 4 is 22.7 Å². The molecule has 29 heavy (non-hydrogen) atoms. The monoisotopic (exact) mass is 394 g/mol. The van der Waals surface area contributed by atoms with Crippen molar-refractivity contribution in [3.63, 3.8) is 0 Å². The van der Waals surface area contributed by atoms with Crippen LogP contribution in [0.25, 0.3) is 10.9 Å². The molecule has 0 radical (unpaired) electrons. The molecule has 3 heterocycles. The second kappa shape index (κ2) is 8.43. The van der Waals surface area contributed by atoms with Crippen LogP contribution in [0.4, 0.5) is 4.39 Å². The number of nitrogens with one attached hydrogen (secondary N) is 1. The van der Waals surface area contributed by atoms with E-state index >= 15 is 0 Å². The first kappa shape index (κ1) is 19.1. The number of amides is 2. The Labute approximate surface area is 168 Å². The maximum Gasteiger partial charge on any atom is 0.254 e. The first-order valence-electron chi connectivity index (χ1n) is 9.84. The van der Waals surface area contributed by atoms with Gasteiger partial charge in [-0.05, 0) is 37.1 Å². The Balaban J connectivity index is 1.26. The van der Waals surface area contributed by atoms with E-state index in [1.54, 1.807) is 18.3 Å². The molecule has 0 spiro atoms. The van der Waals surface area contributed by atoms with Crippen LogP contribution < -0.4 is 5.32 Å². The molecule has 1 saturated heterocycles. The molecule has 150 valence electrons. The fourth-order valence-corrected chi connectivity index (χ4v) is 3.78. The Morgan fingerprint density at radius 3 is 2.72 bits per heavy atom. The highest BCUT2D eigenvalue weighted by Crippen LogP contribution is 2.16. The topological polar surface area (TPSA) is 67.2 Å². The van der Waals surface area contributed by atoms with E-state index < -0.39 is 11.7 Å². The number of aryl methyl sites for hydroxylation is 1. The second-order valence-electron chi connectivity index (χ2n) is 7.30. The summed E-state index contributed by atoms with van der Waals surface area (Å²) in [5.41, 5.74) is 1.08. The minimum atomic E-state index is -0.523. The van der Waals surface area contributed by atoms with Crippen LogP contribution >= 0.6 is 0 Å². The third-order valence-corrected chi connectivity index (χ3v) is 5.44. The van der Waals surface area contributed by atoms with Crippen molar-refractivity contribution in [2.75, 3.05) is 13.1 Å². The lowest BCUT2D eigenvalue weighted by Gasteiger charge is -2.32. The molecular weight excluding hydrogens is 371 g/mol. The zero-order valence-corrected chi connectivity index (χ0v) is 16.1. The lowest BCUT2D eigenvalue weighted by Crippen LogP contribution is -2.46. The van der Waals surface area contributed by atoms with Crippen LogP contribution in [0.3, 0.4) is 0 Å². The van der Waals surface area contributed by atoms with Gasteiger partial charge in [-0.25, -0.2) is 4.39 Å². The maximum atomic E-state index is 13.7. The number of hydrogen-bond acceptors (Lipinski definition) is 3. The number of hydrogen-bond donors (Lipinski definition) is 1. The SMILES string of the molecule is O=C(NC1CCN(C(=O)CCn2ccc3ccncc32)CC1)c1ccccc1F. The predicted molar refractivity (Wildman–Crippen MR) is 108 cm³/mol. The summed E-state index contributed by atoms with van der Waals surface area (Å²) in [5, 5.41) is 3.99. The average Bonchev–Trinajstić information content (AvgIpc) is 3.16. The number of rotatable bonds is 5. The first-order chi connectivity index (χ1) is 14.1. The van der Waals surface area contributed by atoms with Crippen molar-refractivity contribution in [3.05, 3.63) is 66.4 Å². The number of fused-ring (bicyclic) bond motifs is 1. The van der Waals surface area contributed by atoms with Crippen LogP contribution in [0.2, 0.25) is 0 Å². The minimum absolute atomic E-state index is 0.0503. The number of likely N-dealkylation sites (tertiary alicyclic amines) is 1. The summed E-state index contributed by atoms with van der Waals surface area (Å²) in [6.45, 7) is 1.79. The summed E-state index contributed by atoms with van der Waals surface area (Å²) >= 11 is 0. The minimum Gasteiger partial charge on any atom is -0.349 e. The Bertz CT molecular complexity index is 1020. The predicted octanol–water partition coefficient (Wildman–Crippen LogP) is 2.99. The highest BCUT2D eigenvalue weighted by Gasteiger charge is 2.24. The number of aromatic nitrogens is 2. The molecule has 0 aliphatic carbocycles. The van der Waals surface area contributed by atoms with Gasteiger partial charge in [0.05, 0.1) is 17.3 Å². The lowest BCUT2D eigenvalue weighted by atomic mass is 10.0. The molecule has 0 unspecified atom stereocenters.